The van der Waals surface area contributed by atoms with Crippen LogP contribution in [0, 0.1) is 6.92 Å². The average molecular weight is 324 g/mol. The van der Waals surface area contributed by atoms with E-state index in [1.54, 1.807) is 12.7 Å². The molecule has 1 aliphatic heterocycles. The van der Waals surface area contributed by atoms with E-state index >= 15 is 0 Å². The third-order valence-corrected chi connectivity index (χ3v) is 5.41. The lowest BCUT2D eigenvalue weighted by atomic mass is 9.78. The van der Waals surface area contributed by atoms with Gasteiger partial charge in [0, 0.05) is 54.6 Å². The summed E-state index contributed by atoms with van der Waals surface area (Å²) in [5.74, 6) is 2.09. The molecule has 2 aliphatic rings. The van der Waals surface area contributed by atoms with Gasteiger partial charge < -0.3 is 10.6 Å². The van der Waals surface area contributed by atoms with Gasteiger partial charge in [-0.05, 0) is 38.2 Å². The third-order valence-electron chi connectivity index (χ3n) is 5.41. The normalized spacial score (nSPS) is 24.7. The minimum Gasteiger partial charge on any atom is -0.356 e. The van der Waals surface area contributed by atoms with Crippen molar-refractivity contribution in [2.24, 2.45) is 5.73 Å². The average Bonchev–Trinajstić information content (AvgIpc) is 2.60. The van der Waals surface area contributed by atoms with Gasteiger partial charge in [0.05, 0.1) is 0 Å². The van der Waals surface area contributed by atoms with Crippen LogP contribution in [0.15, 0.2) is 24.9 Å². The van der Waals surface area contributed by atoms with Crippen LogP contribution in [0.4, 0.5) is 5.82 Å². The zero-order chi connectivity index (χ0) is 16.5. The van der Waals surface area contributed by atoms with E-state index in [2.05, 4.69) is 37.8 Å². The molecule has 2 aromatic rings. The van der Waals surface area contributed by atoms with Crippen LogP contribution in [0.25, 0.3) is 0 Å². The molecule has 1 saturated heterocycles. The van der Waals surface area contributed by atoms with Crippen molar-refractivity contribution in [3.8, 4) is 0 Å². The molecule has 0 spiro atoms. The van der Waals surface area contributed by atoms with Crippen molar-refractivity contribution < 1.29 is 0 Å². The van der Waals surface area contributed by atoms with E-state index in [1.807, 2.05) is 6.20 Å². The van der Waals surface area contributed by atoms with E-state index in [9.17, 15) is 0 Å². The first-order valence-electron chi connectivity index (χ1n) is 8.79. The number of piperidine rings is 1. The Bertz CT molecular complexity index is 704. The first kappa shape index (κ1) is 15.4. The molecule has 126 valence electrons. The Morgan fingerprint density at radius 2 is 1.83 bits per heavy atom. The maximum atomic E-state index is 5.91. The number of aryl methyl sites for hydroxylation is 1. The Labute approximate surface area is 142 Å². The van der Waals surface area contributed by atoms with Gasteiger partial charge in [0.1, 0.15) is 18.5 Å². The van der Waals surface area contributed by atoms with Crippen molar-refractivity contribution in [2.75, 3.05) is 18.0 Å². The van der Waals surface area contributed by atoms with Gasteiger partial charge in [-0.2, -0.15) is 0 Å². The fraction of sp³-hybridized carbons (Fsp3) is 0.556. The predicted octanol–water partition coefficient (Wildman–Crippen LogP) is 2.16. The highest BCUT2D eigenvalue weighted by Gasteiger charge is 2.29. The minimum atomic E-state index is 0.347. The van der Waals surface area contributed by atoms with Crippen LogP contribution >= 0.6 is 0 Å². The van der Waals surface area contributed by atoms with Gasteiger partial charge in [-0.25, -0.2) is 19.9 Å². The number of rotatable bonds is 3. The molecule has 2 N–H and O–H groups in total. The number of hydrogen-bond acceptors (Lipinski definition) is 6. The van der Waals surface area contributed by atoms with Gasteiger partial charge in [0.2, 0.25) is 0 Å². The molecule has 0 unspecified atom stereocenters. The summed E-state index contributed by atoms with van der Waals surface area (Å²) < 4.78 is 0. The van der Waals surface area contributed by atoms with Crippen molar-refractivity contribution in [3.05, 3.63) is 41.9 Å². The third kappa shape index (κ3) is 2.98. The lowest BCUT2D eigenvalue weighted by Gasteiger charge is -2.34. The molecule has 1 aliphatic carbocycles. The van der Waals surface area contributed by atoms with Crippen LogP contribution in [0.1, 0.15) is 54.5 Å². The van der Waals surface area contributed by atoms with E-state index in [4.69, 9.17) is 5.73 Å². The monoisotopic (exact) mass is 324 g/mol. The van der Waals surface area contributed by atoms with Crippen LogP contribution in [0.2, 0.25) is 0 Å². The zero-order valence-electron chi connectivity index (χ0n) is 14.1. The molecular weight excluding hydrogens is 300 g/mol. The van der Waals surface area contributed by atoms with Gasteiger partial charge in [-0.1, -0.05) is 0 Å². The Morgan fingerprint density at radius 1 is 1.04 bits per heavy atom. The van der Waals surface area contributed by atoms with Crippen molar-refractivity contribution in [3.63, 3.8) is 0 Å². The smallest absolute Gasteiger partial charge is 0.132 e. The summed E-state index contributed by atoms with van der Waals surface area (Å²) in [5.41, 5.74) is 9.46. The van der Waals surface area contributed by atoms with Crippen LogP contribution in [-0.2, 0) is 0 Å². The second kappa shape index (κ2) is 6.43. The number of aromatic nitrogens is 4. The summed E-state index contributed by atoms with van der Waals surface area (Å²) in [4.78, 5) is 19.9. The Balaban J connectivity index is 1.43. The molecule has 0 aromatic carbocycles. The summed E-state index contributed by atoms with van der Waals surface area (Å²) in [6, 6.07) is 2.51. The molecular formula is C18H24N6. The topological polar surface area (TPSA) is 80.8 Å². The molecule has 6 nitrogen and oxygen atoms in total. The molecule has 0 atom stereocenters. The predicted molar refractivity (Wildman–Crippen MR) is 92.9 cm³/mol. The molecule has 0 amide bonds. The van der Waals surface area contributed by atoms with Gasteiger partial charge in [-0.3, -0.25) is 0 Å². The number of nitrogens with zero attached hydrogens (tertiary/aromatic N) is 5. The zero-order valence-corrected chi connectivity index (χ0v) is 14.1. The van der Waals surface area contributed by atoms with Crippen molar-refractivity contribution >= 4 is 5.82 Å². The first-order chi connectivity index (χ1) is 11.7. The maximum Gasteiger partial charge on any atom is 0.132 e. The van der Waals surface area contributed by atoms with Gasteiger partial charge in [0.25, 0.3) is 0 Å². The summed E-state index contributed by atoms with van der Waals surface area (Å²) in [6.07, 6.45) is 9.58. The van der Waals surface area contributed by atoms with Crippen molar-refractivity contribution in [1.29, 1.82) is 0 Å². The lowest BCUT2D eigenvalue weighted by molar-refractivity contribution is 0.345. The summed E-state index contributed by atoms with van der Waals surface area (Å²) in [7, 11) is 0. The Hall–Kier alpha value is -2.08. The molecule has 3 heterocycles. The molecule has 0 radical (unpaired) electrons. The van der Waals surface area contributed by atoms with Crippen LogP contribution < -0.4 is 10.6 Å². The maximum absolute atomic E-state index is 5.91. The van der Waals surface area contributed by atoms with Crippen LogP contribution in [0.3, 0.4) is 0 Å². The molecule has 6 heteroatoms. The number of hydrogen-bond donors (Lipinski definition) is 1. The SMILES string of the molecule is Cc1cncnc1C1CCN(c2cc(C3CC(N)C3)ncn2)CC1. The molecule has 1 saturated carbocycles. The van der Waals surface area contributed by atoms with Crippen molar-refractivity contribution in [2.45, 2.75) is 50.5 Å². The highest BCUT2D eigenvalue weighted by atomic mass is 15.2. The van der Waals surface area contributed by atoms with E-state index in [1.165, 1.54) is 11.3 Å². The fourth-order valence-electron chi connectivity index (χ4n) is 3.88. The largest absolute Gasteiger partial charge is 0.356 e. The molecule has 2 fully saturated rings. The molecule has 0 bridgehead atoms. The molecule has 4 rings (SSSR count). The number of anilines is 1. The second-order valence-electron chi connectivity index (χ2n) is 7.08. The van der Waals surface area contributed by atoms with Crippen LogP contribution in [-0.4, -0.2) is 39.1 Å². The molecule has 2 aromatic heterocycles. The lowest BCUT2D eigenvalue weighted by Crippen LogP contribution is -2.36. The second-order valence-corrected chi connectivity index (χ2v) is 7.08. The summed E-state index contributed by atoms with van der Waals surface area (Å²) in [5, 5.41) is 0. The van der Waals surface area contributed by atoms with Crippen molar-refractivity contribution in [1.82, 2.24) is 19.9 Å². The minimum absolute atomic E-state index is 0.347. The van der Waals surface area contributed by atoms with E-state index < -0.39 is 0 Å². The Kier molecular flexibility index (Phi) is 4.14. The quantitative estimate of drug-likeness (QED) is 0.932. The number of nitrogens with two attached hydrogens (primary N) is 1. The van der Waals surface area contributed by atoms with Gasteiger partial charge in [0.15, 0.2) is 0 Å². The Morgan fingerprint density at radius 3 is 2.54 bits per heavy atom. The molecule has 24 heavy (non-hydrogen) atoms. The fourth-order valence-corrected chi connectivity index (χ4v) is 3.88. The highest BCUT2D eigenvalue weighted by molar-refractivity contribution is 5.41. The van der Waals surface area contributed by atoms with E-state index in [-0.39, 0.29) is 0 Å². The van der Waals surface area contributed by atoms with Crippen LogP contribution in [0.5, 0.6) is 0 Å². The first-order valence-corrected chi connectivity index (χ1v) is 8.79. The van der Waals surface area contributed by atoms with E-state index in [0.717, 1.165) is 50.3 Å². The van der Waals surface area contributed by atoms with Gasteiger partial charge in [-0.15, -0.1) is 0 Å². The highest BCUT2D eigenvalue weighted by Crippen LogP contribution is 2.36. The van der Waals surface area contributed by atoms with E-state index in [0.29, 0.717) is 17.9 Å². The standard InChI is InChI=1S/C18H24N6/c1-12-9-20-10-23-18(12)13-2-4-24(5-3-13)17-8-16(21-11-22-17)14-6-15(19)7-14/h8-11,13-15H,2-7,19H2,1H3. The summed E-state index contributed by atoms with van der Waals surface area (Å²) >= 11 is 0. The van der Waals surface area contributed by atoms with Gasteiger partial charge >= 0.3 is 0 Å². The summed E-state index contributed by atoms with van der Waals surface area (Å²) in [6.45, 7) is 4.12.